The zero-order valence-electron chi connectivity index (χ0n) is 13.8. The summed E-state index contributed by atoms with van der Waals surface area (Å²) in [4.78, 5) is 0. The van der Waals surface area contributed by atoms with Crippen molar-refractivity contribution in [2.75, 3.05) is 5.32 Å². The molecule has 29 heavy (non-hydrogen) atoms. The van der Waals surface area contributed by atoms with Crippen molar-refractivity contribution in [2.24, 2.45) is 0 Å². The van der Waals surface area contributed by atoms with Crippen LogP contribution in [-0.4, -0.2) is 34.4 Å². The van der Waals surface area contributed by atoms with E-state index in [1.165, 1.54) is 12.1 Å². The van der Waals surface area contributed by atoms with Crippen molar-refractivity contribution in [3.05, 3.63) is 46.6 Å². The van der Waals surface area contributed by atoms with Crippen molar-refractivity contribution in [1.82, 2.24) is 34.4 Å². The van der Waals surface area contributed by atoms with E-state index in [0.717, 1.165) is 16.7 Å². The Balaban J connectivity index is 1.65. The average Bonchev–Trinajstić information content (AvgIpc) is 3.22. The maximum Gasteiger partial charge on any atom is 0.453 e. The predicted molar refractivity (Wildman–Crippen MR) is 86.1 cm³/mol. The van der Waals surface area contributed by atoms with E-state index in [0.29, 0.717) is 4.52 Å². The minimum Gasteiger partial charge on any atom is -0.361 e. The lowest BCUT2D eigenvalue weighted by molar-refractivity contribution is -0.146. The van der Waals surface area contributed by atoms with E-state index in [9.17, 15) is 26.3 Å². The van der Waals surface area contributed by atoms with Crippen molar-refractivity contribution in [3.63, 3.8) is 0 Å². The quantitative estimate of drug-likeness (QED) is 0.495. The van der Waals surface area contributed by atoms with E-state index in [2.05, 4.69) is 30.8 Å². The van der Waals surface area contributed by atoms with Crippen molar-refractivity contribution in [1.29, 1.82) is 0 Å². The Bertz CT molecular complexity index is 1210. The van der Waals surface area contributed by atoms with Gasteiger partial charge in [-0.1, -0.05) is 11.6 Å². The highest BCUT2D eigenvalue weighted by Crippen LogP contribution is 2.32. The Morgan fingerprint density at radius 3 is 2.41 bits per heavy atom. The standard InChI is InChI=1S/C14H7ClF6N8/c15-7-3-6(13(16,17)18)5-28-10(24-25-11(7)28)4-22-8-1-2-9-23-26-12(14(19,20)21)29(9)27-8/h1-3,5H,4H2,(H,22,27). The topological polar surface area (TPSA) is 85.3 Å². The fraction of sp³-hybridized carbons (Fsp3) is 0.214. The van der Waals surface area contributed by atoms with Gasteiger partial charge in [0.25, 0.3) is 5.82 Å². The molecule has 0 unspecified atom stereocenters. The minimum absolute atomic E-state index is 0.00181. The van der Waals surface area contributed by atoms with Gasteiger partial charge in [-0.15, -0.1) is 25.5 Å². The molecule has 4 rings (SSSR count). The molecule has 0 bridgehead atoms. The average molecular weight is 437 g/mol. The molecule has 0 aliphatic carbocycles. The fourth-order valence-corrected chi connectivity index (χ4v) is 2.75. The third-order valence-corrected chi connectivity index (χ3v) is 4.08. The molecule has 15 heteroatoms. The van der Waals surface area contributed by atoms with Crippen LogP contribution < -0.4 is 5.32 Å². The zero-order chi connectivity index (χ0) is 21.0. The first-order valence-corrected chi connectivity index (χ1v) is 8.06. The molecule has 0 amide bonds. The Kier molecular flexibility index (Phi) is 4.25. The molecule has 0 spiro atoms. The van der Waals surface area contributed by atoms with Gasteiger partial charge in [0.2, 0.25) is 0 Å². The summed E-state index contributed by atoms with van der Waals surface area (Å²) in [6, 6.07) is 3.31. The first kappa shape index (κ1) is 19.2. The van der Waals surface area contributed by atoms with Crippen LogP contribution in [0.2, 0.25) is 5.02 Å². The number of hydrogen-bond acceptors (Lipinski definition) is 6. The fourth-order valence-electron chi connectivity index (χ4n) is 2.50. The first-order chi connectivity index (χ1) is 13.5. The van der Waals surface area contributed by atoms with Crippen LogP contribution in [0.4, 0.5) is 32.2 Å². The number of nitrogens with one attached hydrogen (secondary N) is 1. The molecule has 0 aliphatic rings. The highest BCUT2D eigenvalue weighted by molar-refractivity contribution is 6.33. The van der Waals surface area contributed by atoms with Crippen LogP contribution in [0.25, 0.3) is 11.3 Å². The normalized spacial score (nSPS) is 12.8. The lowest BCUT2D eigenvalue weighted by Crippen LogP contribution is -2.14. The molecule has 0 atom stereocenters. The van der Waals surface area contributed by atoms with Gasteiger partial charge in [0.15, 0.2) is 17.1 Å². The summed E-state index contributed by atoms with van der Waals surface area (Å²) in [5, 5.41) is 20.1. The summed E-state index contributed by atoms with van der Waals surface area (Å²) in [6.07, 6.45) is -8.63. The number of alkyl halides is 6. The molecular weight excluding hydrogens is 430 g/mol. The number of rotatable bonds is 3. The van der Waals surface area contributed by atoms with Gasteiger partial charge in [-0.3, -0.25) is 4.40 Å². The monoisotopic (exact) mass is 436 g/mol. The van der Waals surface area contributed by atoms with Gasteiger partial charge in [-0.2, -0.15) is 30.9 Å². The Hall–Kier alpha value is -3.16. The lowest BCUT2D eigenvalue weighted by Gasteiger charge is -2.09. The Morgan fingerprint density at radius 1 is 0.966 bits per heavy atom. The summed E-state index contributed by atoms with van der Waals surface area (Å²) in [7, 11) is 0. The zero-order valence-corrected chi connectivity index (χ0v) is 14.5. The van der Waals surface area contributed by atoms with E-state index in [4.69, 9.17) is 11.6 Å². The predicted octanol–water partition coefficient (Wildman–Crippen LogP) is 3.47. The van der Waals surface area contributed by atoms with Crippen LogP contribution in [-0.2, 0) is 18.9 Å². The van der Waals surface area contributed by atoms with Crippen molar-refractivity contribution >= 4 is 28.7 Å². The number of halogens is 7. The van der Waals surface area contributed by atoms with Crippen LogP contribution in [0.15, 0.2) is 24.4 Å². The molecule has 0 aliphatic heterocycles. The molecule has 4 aromatic heterocycles. The van der Waals surface area contributed by atoms with Crippen molar-refractivity contribution < 1.29 is 26.3 Å². The largest absolute Gasteiger partial charge is 0.453 e. The number of anilines is 1. The van der Waals surface area contributed by atoms with Gasteiger partial charge in [-0.05, 0) is 18.2 Å². The number of fused-ring (bicyclic) bond motifs is 2. The third kappa shape index (κ3) is 3.50. The molecule has 1 N–H and O–H groups in total. The van der Waals surface area contributed by atoms with Crippen molar-refractivity contribution in [3.8, 4) is 0 Å². The van der Waals surface area contributed by atoms with E-state index >= 15 is 0 Å². The number of aromatic nitrogens is 7. The highest BCUT2D eigenvalue weighted by Gasteiger charge is 2.37. The van der Waals surface area contributed by atoms with Crippen LogP contribution in [0.5, 0.6) is 0 Å². The van der Waals surface area contributed by atoms with Gasteiger partial charge in [-0.25, -0.2) is 0 Å². The molecule has 0 radical (unpaired) electrons. The molecule has 0 saturated heterocycles. The van der Waals surface area contributed by atoms with Crippen LogP contribution in [0.3, 0.4) is 0 Å². The highest BCUT2D eigenvalue weighted by atomic mass is 35.5. The molecule has 0 aromatic carbocycles. The smallest absolute Gasteiger partial charge is 0.361 e. The summed E-state index contributed by atoms with van der Waals surface area (Å²) < 4.78 is 79.3. The minimum atomic E-state index is -4.76. The second kappa shape index (κ2) is 6.43. The third-order valence-electron chi connectivity index (χ3n) is 3.80. The summed E-state index contributed by atoms with van der Waals surface area (Å²) in [5.74, 6) is -1.29. The van der Waals surface area contributed by atoms with Gasteiger partial charge in [0, 0.05) is 6.20 Å². The van der Waals surface area contributed by atoms with E-state index < -0.39 is 23.7 Å². The van der Waals surface area contributed by atoms with Crippen LogP contribution >= 0.6 is 11.6 Å². The first-order valence-electron chi connectivity index (χ1n) is 7.68. The molecule has 4 aromatic rings. The molecule has 152 valence electrons. The summed E-state index contributed by atoms with van der Waals surface area (Å²) >= 11 is 5.83. The number of pyridine rings is 1. The lowest BCUT2D eigenvalue weighted by atomic mass is 10.3. The molecule has 4 heterocycles. The van der Waals surface area contributed by atoms with Crippen molar-refractivity contribution in [2.45, 2.75) is 18.9 Å². The van der Waals surface area contributed by atoms with Gasteiger partial charge in [0.05, 0.1) is 17.1 Å². The second-order valence-corrected chi connectivity index (χ2v) is 6.16. The Labute approximate surface area is 161 Å². The summed E-state index contributed by atoms with van der Waals surface area (Å²) in [5.41, 5.74) is -1.13. The molecule has 8 nitrogen and oxygen atoms in total. The van der Waals surface area contributed by atoms with Gasteiger partial charge in [0.1, 0.15) is 5.82 Å². The Morgan fingerprint density at radius 2 is 1.72 bits per heavy atom. The van der Waals surface area contributed by atoms with Gasteiger partial charge >= 0.3 is 12.4 Å². The SMILES string of the molecule is FC(F)(F)c1cc(Cl)c2nnc(CNc3ccc4nnc(C(F)(F)F)n4n3)n2c1. The van der Waals surface area contributed by atoms with E-state index in [-0.39, 0.29) is 34.5 Å². The molecule has 0 saturated carbocycles. The van der Waals surface area contributed by atoms with Crippen LogP contribution in [0.1, 0.15) is 17.2 Å². The second-order valence-electron chi connectivity index (χ2n) is 5.75. The molecule has 0 fully saturated rings. The maximum absolute atomic E-state index is 13.0. The van der Waals surface area contributed by atoms with E-state index in [1.807, 2.05) is 0 Å². The number of nitrogens with zero attached hydrogens (tertiary/aromatic N) is 7. The van der Waals surface area contributed by atoms with Crippen LogP contribution in [0, 0.1) is 0 Å². The van der Waals surface area contributed by atoms with E-state index in [1.54, 1.807) is 0 Å². The van der Waals surface area contributed by atoms with Gasteiger partial charge < -0.3 is 5.32 Å². The maximum atomic E-state index is 13.0. The summed E-state index contributed by atoms with van der Waals surface area (Å²) in [6.45, 7) is -0.194. The number of hydrogen-bond donors (Lipinski definition) is 1. The molecular formula is C14H7ClF6N8.